The Morgan fingerprint density at radius 1 is 1.15 bits per heavy atom. The second-order valence-corrected chi connectivity index (χ2v) is 8.35. The first-order chi connectivity index (χ1) is 15.9. The number of nitrogens with two attached hydrogens (primary N) is 2. The quantitative estimate of drug-likeness (QED) is 0.504. The summed E-state index contributed by atoms with van der Waals surface area (Å²) >= 11 is 0. The van der Waals surface area contributed by atoms with Gasteiger partial charge in [0.15, 0.2) is 0 Å². The zero-order valence-electron chi connectivity index (χ0n) is 18.6. The molecule has 1 aliphatic heterocycles. The van der Waals surface area contributed by atoms with Crippen molar-refractivity contribution in [3.8, 4) is 17.0 Å². The van der Waals surface area contributed by atoms with Crippen LogP contribution < -0.4 is 21.1 Å². The molecule has 8 nitrogen and oxygen atoms in total. The van der Waals surface area contributed by atoms with Crippen LogP contribution in [-0.4, -0.2) is 47.3 Å². The van der Waals surface area contributed by atoms with Crippen molar-refractivity contribution in [3.63, 3.8) is 0 Å². The summed E-state index contributed by atoms with van der Waals surface area (Å²) < 4.78 is 5.37. The van der Waals surface area contributed by atoms with Gasteiger partial charge in [-0.1, -0.05) is 36.4 Å². The average Bonchev–Trinajstić information content (AvgIpc) is 2.84. The SMILES string of the molecule is COc1cccc(C2CCN(c3cc(-c4ccc(C[C@H](N)C(=O)O)cc4)nc(N)n3)CC2)c1. The maximum Gasteiger partial charge on any atom is 0.320 e. The Morgan fingerprint density at radius 3 is 2.55 bits per heavy atom. The first-order valence-electron chi connectivity index (χ1n) is 11.0. The van der Waals surface area contributed by atoms with Crippen LogP contribution >= 0.6 is 0 Å². The second-order valence-electron chi connectivity index (χ2n) is 8.35. The number of anilines is 2. The van der Waals surface area contributed by atoms with Crippen molar-refractivity contribution in [2.75, 3.05) is 30.8 Å². The van der Waals surface area contributed by atoms with Gasteiger partial charge in [-0.3, -0.25) is 4.79 Å². The summed E-state index contributed by atoms with van der Waals surface area (Å²) in [5.41, 5.74) is 15.5. The summed E-state index contributed by atoms with van der Waals surface area (Å²) in [6.45, 7) is 1.76. The fourth-order valence-electron chi connectivity index (χ4n) is 4.25. The Kier molecular flexibility index (Phi) is 6.74. The first kappa shape index (κ1) is 22.5. The van der Waals surface area contributed by atoms with Crippen LogP contribution in [0.15, 0.2) is 54.6 Å². The monoisotopic (exact) mass is 447 g/mol. The summed E-state index contributed by atoms with van der Waals surface area (Å²) in [6.07, 6.45) is 2.31. The lowest BCUT2D eigenvalue weighted by Gasteiger charge is -2.33. The van der Waals surface area contributed by atoms with Crippen LogP contribution in [-0.2, 0) is 11.2 Å². The standard InChI is InChI=1S/C25H29N5O3/c1-33-20-4-2-3-19(14-20)17-9-11-30(12-10-17)23-15-22(28-25(27)29-23)18-7-5-16(6-8-18)13-21(26)24(31)32/h2-8,14-15,17,21H,9-13,26H2,1H3,(H,31,32)(H2,27,28,29)/t21-/m0/s1. The Labute approximate surface area is 193 Å². The Balaban J connectivity index is 1.46. The molecule has 1 aliphatic rings. The number of carbonyl (C=O) groups is 1. The highest BCUT2D eigenvalue weighted by Gasteiger charge is 2.23. The zero-order chi connectivity index (χ0) is 23.4. The van der Waals surface area contributed by atoms with Crippen LogP contribution in [0.5, 0.6) is 5.75 Å². The van der Waals surface area contributed by atoms with Crippen LogP contribution in [0.3, 0.4) is 0 Å². The van der Waals surface area contributed by atoms with E-state index in [0.717, 1.165) is 54.3 Å². The van der Waals surface area contributed by atoms with E-state index in [1.54, 1.807) is 7.11 Å². The molecule has 5 N–H and O–H groups in total. The molecule has 0 unspecified atom stereocenters. The molecule has 0 spiro atoms. The molecule has 1 saturated heterocycles. The number of piperidine rings is 1. The molecule has 1 aromatic heterocycles. The first-order valence-corrected chi connectivity index (χ1v) is 11.0. The summed E-state index contributed by atoms with van der Waals surface area (Å²) in [4.78, 5) is 22.1. The Hall–Kier alpha value is -3.65. The molecule has 33 heavy (non-hydrogen) atoms. The van der Waals surface area contributed by atoms with Gasteiger partial charge in [-0.05, 0) is 48.4 Å². The third-order valence-electron chi connectivity index (χ3n) is 6.14. The number of aromatic nitrogens is 2. The number of nitrogens with zero attached hydrogens (tertiary/aromatic N) is 3. The fourth-order valence-corrected chi connectivity index (χ4v) is 4.25. The van der Waals surface area contributed by atoms with Crippen LogP contribution in [0.25, 0.3) is 11.3 Å². The molecule has 4 rings (SSSR count). The highest BCUT2D eigenvalue weighted by atomic mass is 16.5. The van der Waals surface area contributed by atoms with E-state index in [9.17, 15) is 4.79 Å². The van der Waals surface area contributed by atoms with E-state index >= 15 is 0 Å². The van der Waals surface area contributed by atoms with E-state index < -0.39 is 12.0 Å². The number of rotatable bonds is 7. The zero-order valence-corrected chi connectivity index (χ0v) is 18.6. The minimum atomic E-state index is -1.01. The molecule has 0 bridgehead atoms. The van der Waals surface area contributed by atoms with Crippen molar-refractivity contribution in [1.82, 2.24) is 9.97 Å². The number of ether oxygens (including phenoxy) is 1. The second kappa shape index (κ2) is 9.87. The summed E-state index contributed by atoms with van der Waals surface area (Å²) in [5.74, 6) is 1.41. The minimum Gasteiger partial charge on any atom is -0.497 e. The molecule has 0 saturated carbocycles. The number of methoxy groups -OCH3 is 1. The van der Waals surface area contributed by atoms with Crippen molar-refractivity contribution in [2.24, 2.45) is 5.73 Å². The van der Waals surface area contributed by atoms with E-state index in [1.165, 1.54) is 5.56 Å². The molecule has 0 radical (unpaired) electrons. The highest BCUT2D eigenvalue weighted by Crippen LogP contribution is 2.32. The predicted octanol–water partition coefficient (Wildman–Crippen LogP) is 3.07. The number of nitrogen functional groups attached to an aromatic ring is 1. The van der Waals surface area contributed by atoms with Gasteiger partial charge in [0.2, 0.25) is 5.95 Å². The number of carboxylic acids is 1. The van der Waals surface area contributed by atoms with E-state index in [-0.39, 0.29) is 12.4 Å². The molecule has 3 aromatic rings. The van der Waals surface area contributed by atoms with Gasteiger partial charge in [0.05, 0.1) is 12.8 Å². The van der Waals surface area contributed by atoms with Gasteiger partial charge in [0.25, 0.3) is 0 Å². The van der Waals surface area contributed by atoms with Crippen LogP contribution in [0, 0.1) is 0 Å². The van der Waals surface area contributed by atoms with Crippen molar-refractivity contribution in [1.29, 1.82) is 0 Å². The number of hydrogen-bond acceptors (Lipinski definition) is 7. The number of aliphatic carboxylic acids is 1. The number of hydrogen-bond donors (Lipinski definition) is 3. The topological polar surface area (TPSA) is 128 Å². The predicted molar refractivity (Wildman–Crippen MR) is 128 cm³/mol. The molecule has 0 amide bonds. The molecule has 172 valence electrons. The molecular weight excluding hydrogens is 418 g/mol. The number of carboxylic acid groups (broad SMARTS) is 1. The molecular formula is C25H29N5O3. The molecule has 2 heterocycles. The third kappa shape index (κ3) is 5.40. The molecule has 2 aromatic carbocycles. The fraction of sp³-hybridized carbons (Fsp3) is 0.320. The molecule has 8 heteroatoms. The minimum absolute atomic E-state index is 0.231. The van der Waals surface area contributed by atoms with Gasteiger partial charge in [0, 0.05) is 24.7 Å². The maximum atomic E-state index is 11.0. The normalized spacial score (nSPS) is 15.3. The molecule has 0 aliphatic carbocycles. The van der Waals surface area contributed by atoms with Crippen molar-refractivity contribution < 1.29 is 14.6 Å². The van der Waals surface area contributed by atoms with E-state index in [0.29, 0.717) is 5.92 Å². The number of benzene rings is 2. The molecule has 1 fully saturated rings. The lowest BCUT2D eigenvalue weighted by molar-refractivity contribution is -0.138. The highest BCUT2D eigenvalue weighted by molar-refractivity contribution is 5.73. The van der Waals surface area contributed by atoms with Gasteiger partial charge in [-0.2, -0.15) is 4.98 Å². The third-order valence-corrected chi connectivity index (χ3v) is 6.14. The van der Waals surface area contributed by atoms with Gasteiger partial charge in [-0.25, -0.2) is 4.98 Å². The smallest absolute Gasteiger partial charge is 0.320 e. The molecule has 1 atom stereocenters. The van der Waals surface area contributed by atoms with Crippen molar-refractivity contribution in [3.05, 3.63) is 65.7 Å². The average molecular weight is 448 g/mol. The lowest BCUT2D eigenvalue weighted by atomic mass is 9.89. The summed E-state index contributed by atoms with van der Waals surface area (Å²) in [5, 5.41) is 9.00. The Morgan fingerprint density at radius 2 is 1.88 bits per heavy atom. The van der Waals surface area contributed by atoms with Crippen molar-refractivity contribution in [2.45, 2.75) is 31.2 Å². The van der Waals surface area contributed by atoms with Crippen molar-refractivity contribution >= 4 is 17.7 Å². The van der Waals surface area contributed by atoms with E-state index in [4.69, 9.17) is 21.3 Å². The van der Waals surface area contributed by atoms with Gasteiger partial charge < -0.3 is 26.2 Å². The van der Waals surface area contributed by atoms with Crippen LogP contribution in [0.2, 0.25) is 0 Å². The van der Waals surface area contributed by atoms with Crippen LogP contribution in [0.4, 0.5) is 11.8 Å². The van der Waals surface area contributed by atoms with Gasteiger partial charge in [-0.15, -0.1) is 0 Å². The maximum absolute atomic E-state index is 11.0. The van der Waals surface area contributed by atoms with Gasteiger partial charge >= 0.3 is 5.97 Å². The van der Waals surface area contributed by atoms with E-state index in [1.807, 2.05) is 42.5 Å². The van der Waals surface area contributed by atoms with Crippen LogP contribution in [0.1, 0.15) is 29.9 Å². The lowest BCUT2D eigenvalue weighted by Crippen LogP contribution is -2.33. The summed E-state index contributed by atoms with van der Waals surface area (Å²) in [6, 6.07) is 16.9. The summed E-state index contributed by atoms with van der Waals surface area (Å²) in [7, 11) is 1.69. The van der Waals surface area contributed by atoms with E-state index in [2.05, 4.69) is 27.0 Å². The Bertz CT molecular complexity index is 1110. The largest absolute Gasteiger partial charge is 0.497 e. The van der Waals surface area contributed by atoms with Gasteiger partial charge in [0.1, 0.15) is 17.6 Å².